The summed E-state index contributed by atoms with van der Waals surface area (Å²) in [6.07, 6.45) is -13.7. The molecule has 0 unspecified atom stereocenters. The van der Waals surface area contributed by atoms with Gasteiger partial charge in [-0.05, 0) is 109 Å². The molecule has 8 rings (SSSR count). The van der Waals surface area contributed by atoms with E-state index in [1.807, 2.05) is 0 Å². The predicted molar refractivity (Wildman–Crippen MR) is 225 cm³/mol. The highest BCUT2D eigenvalue weighted by molar-refractivity contribution is 5.79. The molecule has 4 saturated carbocycles. The van der Waals surface area contributed by atoms with Crippen molar-refractivity contribution in [2.45, 2.75) is 205 Å². The van der Waals surface area contributed by atoms with E-state index in [0.717, 1.165) is 44.9 Å². The van der Waals surface area contributed by atoms with Crippen molar-refractivity contribution in [2.24, 2.45) is 50.2 Å². The van der Waals surface area contributed by atoms with Gasteiger partial charge in [-0.25, -0.2) is 4.79 Å². The molecule has 22 atom stereocenters. The molecular weight excluding hydrogens is 852 g/mol. The van der Waals surface area contributed by atoms with Crippen LogP contribution in [0.3, 0.4) is 0 Å². The van der Waals surface area contributed by atoms with E-state index in [1.165, 1.54) is 5.57 Å². The maximum Gasteiger partial charge on any atom is 0.335 e. The molecule has 18 nitrogen and oxygen atoms in total. The first-order chi connectivity index (χ1) is 30.3. The van der Waals surface area contributed by atoms with Crippen molar-refractivity contribution in [3.8, 4) is 0 Å². The lowest BCUT2D eigenvalue weighted by Crippen LogP contribution is -2.67. The van der Waals surface area contributed by atoms with Crippen molar-refractivity contribution >= 4 is 11.9 Å². The minimum Gasteiger partial charge on any atom is -0.479 e. The smallest absolute Gasteiger partial charge is 0.335 e. The summed E-state index contributed by atoms with van der Waals surface area (Å²) in [4.78, 5) is 26.9. The monoisotopic (exact) mass is 926 g/mol. The zero-order chi connectivity index (χ0) is 47.6. The molecule has 0 bridgehead atoms. The number of carbonyl (C=O) groups is 2. The lowest BCUT2D eigenvalue weighted by atomic mass is 9.33. The molecule has 7 fully saturated rings. The molecule has 0 aromatic carbocycles. The molecule has 18 heteroatoms. The van der Waals surface area contributed by atoms with Crippen LogP contribution in [0.5, 0.6) is 0 Å². The minimum atomic E-state index is -1.92. The first kappa shape index (κ1) is 49.5. The fourth-order valence-electron chi connectivity index (χ4n) is 14.7. The number of carboxylic acid groups (broad SMARTS) is 1. The number of aliphatic carboxylic acids is 1. The largest absolute Gasteiger partial charge is 0.479 e. The number of carboxylic acids is 1. The average Bonchev–Trinajstić information content (AvgIpc) is 3.24. The molecule has 8 aliphatic rings. The summed E-state index contributed by atoms with van der Waals surface area (Å²) in [5.41, 5.74) is -0.900. The third-order valence-electron chi connectivity index (χ3n) is 18.9. The van der Waals surface area contributed by atoms with E-state index in [0.29, 0.717) is 19.3 Å². The predicted octanol–water partition coefficient (Wildman–Crippen LogP) is 0.872. The summed E-state index contributed by atoms with van der Waals surface area (Å²) in [6.45, 7) is 14.9. The highest BCUT2D eigenvalue weighted by atomic mass is 16.8. The van der Waals surface area contributed by atoms with Gasteiger partial charge in [0.05, 0.1) is 24.7 Å². The first-order valence-corrected chi connectivity index (χ1v) is 23.7. The van der Waals surface area contributed by atoms with Gasteiger partial charge in [0.1, 0.15) is 61.0 Å². The van der Waals surface area contributed by atoms with Crippen molar-refractivity contribution in [2.75, 3.05) is 13.2 Å². The maximum absolute atomic E-state index is 14.7. The minimum absolute atomic E-state index is 0.0713. The molecule has 370 valence electrons. The van der Waals surface area contributed by atoms with Crippen molar-refractivity contribution in [1.82, 2.24) is 0 Å². The van der Waals surface area contributed by atoms with E-state index in [-0.39, 0.29) is 46.0 Å². The molecule has 0 amide bonds. The average molecular weight is 927 g/mol. The highest BCUT2D eigenvalue weighted by Gasteiger charge is 2.70. The quantitative estimate of drug-likeness (QED) is 0.0918. The Labute approximate surface area is 380 Å². The Morgan fingerprint density at radius 3 is 2.06 bits per heavy atom. The van der Waals surface area contributed by atoms with Gasteiger partial charge in [0.25, 0.3) is 0 Å². The molecule has 5 aliphatic carbocycles. The van der Waals surface area contributed by atoms with Crippen LogP contribution in [0, 0.1) is 50.2 Å². The fourth-order valence-corrected chi connectivity index (χ4v) is 14.7. The Hall–Kier alpha value is -1.88. The number of ether oxygens (including phenoxy) is 6. The summed E-state index contributed by atoms with van der Waals surface area (Å²) < 4.78 is 35.5. The van der Waals surface area contributed by atoms with Crippen molar-refractivity contribution in [3.63, 3.8) is 0 Å². The molecule has 0 aromatic rings. The molecule has 10 N–H and O–H groups in total. The molecule has 3 saturated heterocycles. The summed E-state index contributed by atoms with van der Waals surface area (Å²) in [7, 11) is 0. The number of hydrogen-bond acceptors (Lipinski definition) is 17. The zero-order valence-electron chi connectivity index (χ0n) is 38.7. The van der Waals surface area contributed by atoms with Crippen LogP contribution in [0.1, 0.15) is 113 Å². The van der Waals surface area contributed by atoms with Crippen LogP contribution >= 0.6 is 0 Å². The molecule has 0 spiro atoms. The fraction of sp³-hybridized carbons (Fsp3) is 0.915. The second-order valence-corrected chi connectivity index (χ2v) is 23.1. The lowest BCUT2D eigenvalue weighted by Gasteiger charge is -2.71. The Morgan fingerprint density at radius 2 is 1.38 bits per heavy atom. The van der Waals surface area contributed by atoms with E-state index < -0.39 is 121 Å². The SMILES string of the molecule is CC1(C)CC[C@]2(C(=O)O[C@@H]3O[C@H](CO)[C@@H](O)[C@H](O)[C@H]3O)CC[C@]3(C)C(=CC[C@@H]4[C@@]5(C)CC[C@H](O[C@@H]6O[C@H](C(=O)O)[C@@H](O)[C@H](O)[C@H]6O[C@@H]6OC[C@@H](O)[C@H](O)[C@H]6O)C(C)(C)[C@@H]5CC[C@]43C)[C@@H]2C1. The molecular formula is C47H74O18. The molecule has 3 heterocycles. The second-order valence-electron chi connectivity index (χ2n) is 23.1. The second kappa shape index (κ2) is 17.2. The Balaban J connectivity index is 1.05. The lowest BCUT2D eigenvalue weighted by molar-refractivity contribution is -0.366. The molecule has 65 heavy (non-hydrogen) atoms. The number of esters is 1. The van der Waals surface area contributed by atoms with Crippen LogP contribution in [0.25, 0.3) is 0 Å². The third kappa shape index (κ3) is 7.76. The van der Waals surface area contributed by atoms with Crippen molar-refractivity contribution in [3.05, 3.63) is 11.6 Å². The number of rotatable bonds is 8. The zero-order valence-corrected chi connectivity index (χ0v) is 38.7. The number of fused-ring (bicyclic) bond motifs is 7. The summed E-state index contributed by atoms with van der Waals surface area (Å²) in [5.74, 6) is -1.83. The Bertz CT molecular complexity index is 1820. The standard InChI is InChI=1S/C47H74O18/c1-42(2)14-16-47(41(59)65-39-34(56)30(52)29(51)24(19-48)61-39)17-15-45(6)21(22(47)18-42)8-9-26-44(5)12-11-27(43(3,4)25(44)10-13-46(26,45)7)62-40-36(32(54)31(53)35(63-40)37(57)58)64-38-33(55)28(50)23(49)20-60-38/h8,22-36,38-40,48-56H,9-20H2,1-7H3,(H,57,58)/t22-,23+,24+,25-,26+,27-,28-,29+,30-,31-,32-,33+,34+,35-,36+,38-,39-,40+,44-,45+,46+,47-/m0/s1. The van der Waals surface area contributed by atoms with Crippen LogP contribution in [0.4, 0.5) is 0 Å². The van der Waals surface area contributed by atoms with Gasteiger partial charge in [-0.2, -0.15) is 0 Å². The normalized spacial score (nSPS) is 52.7. The highest BCUT2D eigenvalue weighted by Crippen LogP contribution is 2.76. The summed E-state index contributed by atoms with van der Waals surface area (Å²) in [5, 5.41) is 105. The van der Waals surface area contributed by atoms with Crippen LogP contribution < -0.4 is 0 Å². The Kier molecular flexibility index (Phi) is 13.1. The third-order valence-corrected chi connectivity index (χ3v) is 18.9. The molecule has 3 aliphatic heterocycles. The van der Waals surface area contributed by atoms with E-state index in [9.17, 15) is 60.7 Å². The van der Waals surface area contributed by atoms with Crippen LogP contribution in [0.15, 0.2) is 11.6 Å². The van der Waals surface area contributed by atoms with Crippen LogP contribution in [0.2, 0.25) is 0 Å². The topological polar surface area (TPSA) is 292 Å². The summed E-state index contributed by atoms with van der Waals surface area (Å²) in [6, 6.07) is 0. The number of aliphatic hydroxyl groups is 9. The van der Waals surface area contributed by atoms with Gasteiger partial charge in [-0.3, -0.25) is 4.79 Å². The van der Waals surface area contributed by atoms with Gasteiger partial charge in [0.15, 0.2) is 18.7 Å². The first-order valence-electron chi connectivity index (χ1n) is 23.7. The van der Waals surface area contributed by atoms with E-state index in [2.05, 4.69) is 54.5 Å². The van der Waals surface area contributed by atoms with Gasteiger partial charge in [0, 0.05) is 0 Å². The van der Waals surface area contributed by atoms with Gasteiger partial charge < -0.3 is 79.5 Å². The van der Waals surface area contributed by atoms with Crippen molar-refractivity contribution < 1.29 is 89.1 Å². The van der Waals surface area contributed by atoms with E-state index in [1.54, 1.807) is 0 Å². The Morgan fingerprint density at radius 1 is 0.708 bits per heavy atom. The van der Waals surface area contributed by atoms with Gasteiger partial charge in [0.2, 0.25) is 6.29 Å². The van der Waals surface area contributed by atoms with Crippen molar-refractivity contribution in [1.29, 1.82) is 0 Å². The summed E-state index contributed by atoms with van der Waals surface area (Å²) >= 11 is 0. The van der Waals surface area contributed by atoms with Gasteiger partial charge in [-0.1, -0.05) is 60.1 Å². The maximum atomic E-state index is 14.7. The van der Waals surface area contributed by atoms with Gasteiger partial charge in [-0.15, -0.1) is 0 Å². The molecule has 0 aromatic heterocycles. The number of hydrogen-bond donors (Lipinski definition) is 10. The van der Waals surface area contributed by atoms with Crippen LogP contribution in [-0.2, 0) is 38.0 Å². The van der Waals surface area contributed by atoms with E-state index >= 15 is 0 Å². The number of carbonyl (C=O) groups excluding carboxylic acids is 1. The number of allylic oxidation sites excluding steroid dienone is 2. The molecule has 0 radical (unpaired) electrons. The van der Waals surface area contributed by atoms with Gasteiger partial charge >= 0.3 is 11.9 Å². The van der Waals surface area contributed by atoms with E-state index in [4.69, 9.17) is 28.4 Å². The van der Waals surface area contributed by atoms with Crippen LogP contribution in [-0.4, -0.2) is 168 Å². The number of aliphatic hydroxyl groups excluding tert-OH is 9.